The highest BCUT2D eigenvalue weighted by Gasteiger charge is 2.17. The molecule has 2 amide bonds. The van der Waals surface area contributed by atoms with Crippen LogP contribution in [0.2, 0.25) is 0 Å². The SMILES string of the molecule is CCOc1ccc(-n2c(CNC(=O)Cc3ccc(OC)cc3)nnc2SCC(=O)Nc2nccs2)cc1. The summed E-state index contributed by atoms with van der Waals surface area (Å²) in [4.78, 5) is 29.0. The number of methoxy groups -OCH3 is 1. The summed E-state index contributed by atoms with van der Waals surface area (Å²) in [7, 11) is 1.60. The zero-order valence-corrected chi connectivity index (χ0v) is 22.0. The van der Waals surface area contributed by atoms with E-state index in [1.54, 1.807) is 18.7 Å². The molecule has 192 valence electrons. The van der Waals surface area contributed by atoms with Crippen molar-refractivity contribution in [3.05, 3.63) is 71.5 Å². The first kappa shape index (κ1) is 26.2. The van der Waals surface area contributed by atoms with Gasteiger partial charge in [-0.25, -0.2) is 4.98 Å². The van der Waals surface area contributed by atoms with Crippen LogP contribution in [0.5, 0.6) is 11.5 Å². The van der Waals surface area contributed by atoms with Crippen LogP contribution >= 0.6 is 23.1 Å². The van der Waals surface area contributed by atoms with E-state index in [4.69, 9.17) is 9.47 Å². The van der Waals surface area contributed by atoms with Crippen molar-refractivity contribution in [2.75, 3.05) is 24.8 Å². The van der Waals surface area contributed by atoms with Gasteiger partial charge >= 0.3 is 0 Å². The molecule has 4 rings (SSSR count). The van der Waals surface area contributed by atoms with Crippen LogP contribution in [0.4, 0.5) is 5.13 Å². The molecule has 0 unspecified atom stereocenters. The van der Waals surface area contributed by atoms with E-state index in [0.717, 1.165) is 22.7 Å². The Bertz CT molecular complexity index is 1310. The van der Waals surface area contributed by atoms with E-state index in [0.29, 0.717) is 22.7 Å². The number of amides is 2. The minimum absolute atomic E-state index is 0.124. The molecular weight excluding hydrogens is 512 g/mol. The molecule has 10 nitrogen and oxygen atoms in total. The molecule has 37 heavy (non-hydrogen) atoms. The number of carbonyl (C=O) groups is 2. The monoisotopic (exact) mass is 538 g/mol. The second-order valence-electron chi connectivity index (χ2n) is 7.64. The molecular formula is C25H26N6O4S2. The first-order chi connectivity index (χ1) is 18.1. The summed E-state index contributed by atoms with van der Waals surface area (Å²) in [5.74, 6) is 1.79. The Morgan fingerprint density at radius 1 is 1.03 bits per heavy atom. The van der Waals surface area contributed by atoms with Crippen LogP contribution in [-0.2, 0) is 22.6 Å². The van der Waals surface area contributed by atoms with E-state index in [-0.39, 0.29) is 30.5 Å². The highest BCUT2D eigenvalue weighted by atomic mass is 32.2. The maximum Gasteiger partial charge on any atom is 0.236 e. The highest BCUT2D eigenvalue weighted by molar-refractivity contribution is 7.99. The Balaban J connectivity index is 1.46. The molecule has 2 aromatic heterocycles. The van der Waals surface area contributed by atoms with Crippen LogP contribution < -0.4 is 20.1 Å². The predicted molar refractivity (Wildman–Crippen MR) is 143 cm³/mol. The van der Waals surface area contributed by atoms with Crippen molar-refractivity contribution in [1.29, 1.82) is 0 Å². The number of carbonyl (C=O) groups excluding carboxylic acids is 2. The lowest BCUT2D eigenvalue weighted by atomic mass is 10.1. The Labute approximate surface area is 222 Å². The summed E-state index contributed by atoms with van der Waals surface area (Å²) in [5.41, 5.74) is 1.66. The lowest BCUT2D eigenvalue weighted by Crippen LogP contribution is -2.26. The first-order valence-corrected chi connectivity index (χ1v) is 13.3. The quantitative estimate of drug-likeness (QED) is 0.262. The normalized spacial score (nSPS) is 10.6. The molecule has 0 saturated carbocycles. The lowest BCUT2D eigenvalue weighted by Gasteiger charge is -2.12. The number of thiazole rings is 1. The molecule has 0 atom stereocenters. The average molecular weight is 539 g/mol. The number of hydrogen-bond acceptors (Lipinski definition) is 9. The largest absolute Gasteiger partial charge is 0.497 e. The molecule has 0 saturated heterocycles. The van der Waals surface area contributed by atoms with E-state index < -0.39 is 0 Å². The molecule has 0 radical (unpaired) electrons. The lowest BCUT2D eigenvalue weighted by molar-refractivity contribution is -0.120. The number of rotatable bonds is 12. The van der Waals surface area contributed by atoms with Crippen molar-refractivity contribution in [1.82, 2.24) is 25.1 Å². The topological polar surface area (TPSA) is 120 Å². The highest BCUT2D eigenvalue weighted by Crippen LogP contribution is 2.24. The zero-order chi connectivity index (χ0) is 26.0. The molecule has 12 heteroatoms. The average Bonchev–Trinajstić information content (AvgIpc) is 3.57. The second-order valence-corrected chi connectivity index (χ2v) is 9.47. The summed E-state index contributed by atoms with van der Waals surface area (Å²) < 4.78 is 12.5. The number of anilines is 1. The third kappa shape index (κ3) is 7.30. The van der Waals surface area contributed by atoms with Gasteiger partial charge in [-0.3, -0.25) is 14.2 Å². The third-order valence-electron chi connectivity index (χ3n) is 5.08. The van der Waals surface area contributed by atoms with Crippen molar-refractivity contribution in [2.24, 2.45) is 0 Å². The van der Waals surface area contributed by atoms with Crippen LogP contribution in [0.15, 0.2) is 65.3 Å². The van der Waals surface area contributed by atoms with Gasteiger partial charge in [-0.15, -0.1) is 21.5 Å². The van der Waals surface area contributed by atoms with E-state index in [1.807, 2.05) is 60.0 Å². The minimum Gasteiger partial charge on any atom is -0.497 e. The van der Waals surface area contributed by atoms with Crippen molar-refractivity contribution in [3.8, 4) is 17.2 Å². The maximum absolute atomic E-state index is 12.6. The fourth-order valence-electron chi connectivity index (χ4n) is 3.37. The maximum atomic E-state index is 12.6. The fraction of sp³-hybridized carbons (Fsp3) is 0.240. The molecule has 0 aliphatic rings. The van der Waals surface area contributed by atoms with E-state index >= 15 is 0 Å². The van der Waals surface area contributed by atoms with Gasteiger partial charge in [-0.2, -0.15) is 0 Å². The van der Waals surface area contributed by atoms with Crippen molar-refractivity contribution in [3.63, 3.8) is 0 Å². The van der Waals surface area contributed by atoms with Crippen LogP contribution in [0.3, 0.4) is 0 Å². The van der Waals surface area contributed by atoms with Gasteiger partial charge < -0.3 is 20.1 Å². The van der Waals surface area contributed by atoms with Crippen LogP contribution in [-0.4, -0.2) is 51.0 Å². The standard InChI is InChI=1S/C25H26N6O4S2/c1-3-35-20-10-6-18(7-11-20)31-21(15-27-22(32)14-17-4-8-19(34-2)9-5-17)29-30-25(31)37-16-23(33)28-24-26-12-13-36-24/h4-13H,3,14-16H2,1-2H3,(H,27,32)(H,26,28,33). The van der Waals surface area contributed by atoms with Gasteiger partial charge in [0.05, 0.1) is 32.4 Å². The number of hydrogen-bond donors (Lipinski definition) is 2. The van der Waals surface area contributed by atoms with E-state index in [1.165, 1.54) is 23.1 Å². The Kier molecular flexibility index (Phi) is 9.11. The Hall–Kier alpha value is -3.90. The number of benzene rings is 2. The molecule has 0 spiro atoms. The van der Waals surface area contributed by atoms with Gasteiger partial charge in [0.1, 0.15) is 11.5 Å². The van der Waals surface area contributed by atoms with Gasteiger partial charge in [-0.1, -0.05) is 23.9 Å². The van der Waals surface area contributed by atoms with Crippen LogP contribution in [0, 0.1) is 0 Å². The Morgan fingerprint density at radius 2 is 1.78 bits per heavy atom. The predicted octanol–water partition coefficient (Wildman–Crippen LogP) is 3.72. The first-order valence-electron chi connectivity index (χ1n) is 11.4. The molecule has 0 bridgehead atoms. The molecule has 0 fully saturated rings. The van der Waals surface area contributed by atoms with Gasteiger partial charge in [0.15, 0.2) is 16.1 Å². The summed E-state index contributed by atoms with van der Waals surface area (Å²) in [6.45, 7) is 2.65. The van der Waals surface area contributed by atoms with E-state index in [9.17, 15) is 9.59 Å². The number of nitrogens with one attached hydrogen (secondary N) is 2. The number of ether oxygens (including phenoxy) is 2. The third-order valence-corrected chi connectivity index (χ3v) is 6.70. The van der Waals surface area contributed by atoms with Crippen LogP contribution in [0.25, 0.3) is 5.69 Å². The van der Waals surface area contributed by atoms with Gasteiger partial charge in [0, 0.05) is 17.3 Å². The van der Waals surface area contributed by atoms with Crippen molar-refractivity contribution in [2.45, 2.75) is 25.0 Å². The summed E-state index contributed by atoms with van der Waals surface area (Å²) in [5, 5.41) is 17.1. The molecule has 2 N–H and O–H groups in total. The Morgan fingerprint density at radius 3 is 2.46 bits per heavy atom. The van der Waals surface area contributed by atoms with Gasteiger partial charge in [-0.05, 0) is 48.9 Å². The fourth-order valence-corrected chi connectivity index (χ4v) is 4.68. The second kappa shape index (κ2) is 12.9. The molecule has 2 aromatic carbocycles. The molecule has 4 aromatic rings. The number of aromatic nitrogens is 4. The van der Waals surface area contributed by atoms with Crippen molar-refractivity contribution < 1.29 is 19.1 Å². The smallest absolute Gasteiger partial charge is 0.236 e. The number of thioether (sulfide) groups is 1. The van der Waals surface area contributed by atoms with Crippen LogP contribution in [0.1, 0.15) is 18.3 Å². The minimum atomic E-state index is -0.199. The summed E-state index contributed by atoms with van der Waals surface area (Å²) >= 11 is 2.60. The van der Waals surface area contributed by atoms with E-state index in [2.05, 4.69) is 25.8 Å². The molecule has 2 heterocycles. The van der Waals surface area contributed by atoms with Gasteiger partial charge in [0.25, 0.3) is 0 Å². The molecule has 0 aliphatic carbocycles. The number of nitrogens with zero attached hydrogens (tertiary/aromatic N) is 4. The van der Waals surface area contributed by atoms with Crippen molar-refractivity contribution >= 4 is 40.0 Å². The summed E-state index contributed by atoms with van der Waals surface area (Å²) in [6.07, 6.45) is 1.85. The molecule has 0 aliphatic heterocycles. The van der Waals surface area contributed by atoms with Gasteiger partial charge in [0.2, 0.25) is 11.8 Å². The zero-order valence-electron chi connectivity index (χ0n) is 20.3. The summed E-state index contributed by atoms with van der Waals surface area (Å²) in [6, 6.07) is 14.8.